The minimum atomic E-state index is -0.447. The molecule has 0 aromatic carbocycles. The number of carbonyl (C=O) groups is 1. The van der Waals surface area contributed by atoms with Crippen LogP contribution in [0.2, 0.25) is 0 Å². The van der Waals surface area contributed by atoms with Crippen molar-refractivity contribution in [1.82, 2.24) is 14.8 Å². The number of pyridine rings is 1. The molecule has 0 bridgehead atoms. The van der Waals surface area contributed by atoms with Crippen LogP contribution >= 0.6 is 0 Å². The summed E-state index contributed by atoms with van der Waals surface area (Å²) in [6.07, 6.45) is 3.26. The summed E-state index contributed by atoms with van der Waals surface area (Å²) in [6.45, 7) is 6.18. The van der Waals surface area contributed by atoms with E-state index >= 15 is 0 Å². The third kappa shape index (κ3) is 3.43. The maximum Gasteiger partial charge on any atom is 0.250 e. The fourth-order valence-corrected chi connectivity index (χ4v) is 4.86. The van der Waals surface area contributed by atoms with E-state index in [0.717, 1.165) is 57.9 Å². The molecule has 26 heavy (non-hydrogen) atoms. The second-order valence-corrected chi connectivity index (χ2v) is 8.14. The predicted octanol–water partition coefficient (Wildman–Crippen LogP) is 0.00360. The zero-order valence-electron chi connectivity index (χ0n) is 15.4. The summed E-state index contributed by atoms with van der Waals surface area (Å²) < 4.78 is 0. The van der Waals surface area contributed by atoms with E-state index in [9.17, 15) is 9.90 Å². The zero-order valence-corrected chi connectivity index (χ0v) is 15.4. The number of aromatic nitrogens is 1. The van der Waals surface area contributed by atoms with Crippen LogP contribution in [0.25, 0.3) is 0 Å². The molecule has 2 saturated heterocycles. The van der Waals surface area contributed by atoms with Gasteiger partial charge >= 0.3 is 0 Å². The molecule has 3 aliphatic rings. The molecule has 1 saturated carbocycles. The minimum absolute atomic E-state index is 0.232. The Balaban J connectivity index is 1.41. The number of aliphatic hydroxyl groups is 1. The Kier molecular flexibility index (Phi) is 4.86. The number of primary amides is 1. The lowest BCUT2D eigenvalue weighted by atomic mass is 9.77. The molecule has 2 aliphatic heterocycles. The molecule has 4 rings (SSSR count). The largest absolute Gasteiger partial charge is 0.391 e. The molecule has 142 valence electrons. The van der Waals surface area contributed by atoms with E-state index in [0.29, 0.717) is 17.4 Å². The van der Waals surface area contributed by atoms with Crippen LogP contribution in [-0.2, 0) is 0 Å². The van der Waals surface area contributed by atoms with Crippen molar-refractivity contribution in [2.75, 3.05) is 51.2 Å². The first-order chi connectivity index (χ1) is 12.5. The Bertz CT molecular complexity index is 644. The van der Waals surface area contributed by atoms with Gasteiger partial charge in [0.15, 0.2) is 0 Å². The first kappa shape index (κ1) is 17.7. The zero-order chi connectivity index (χ0) is 18.3. The van der Waals surface area contributed by atoms with Gasteiger partial charge in [-0.15, -0.1) is 0 Å². The Morgan fingerprint density at radius 3 is 2.46 bits per heavy atom. The number of nitrogens with two attached hydrogens (primary N) is 1. The van der Waals surface area contributed by atoms with Gasteiger partial charge < -0.3 is 20.6 Å². The molecule has 7 nitrogen and oxygen atoms in total. The van der Waals surface area contributed by atoms with Gasteiger partial charge in [0.25, 0.3) is 0 Å². The minimum Gasteiger partial charge on any atom is -0.391 e. The van der Waals surface area contributed by atoms with Crippen molar-refractivity contribution in [1.29, 1.82) is 0 Å². The first-order valence-corrected chi connectivity index (χ1v) is 9.62. The predicted molar refractivity (Wildman–Crippen MR) is 100 cm³/mol. The highest BCUT2D eigenvalue weighted by atomic mass is 16.3. The average Bonchev–Trinajstić information content (AvgIpc) is 3.04. The molecule has 4 atom stereocenters. The topological polar surface area (TPSA) is 85.9 Å². The Hall–Kier alpha value is -1.70. The molecule has 1 aliphatic carbocycles. The molecule has 3 fully saturated rings. The van der Waals surface area contributed by atoms with Crippen molar-refractivity contribution < 1.29 is 9.90 Å². The van der Waals surface area contributed by atoms with Gasteiger partial charge in [-0.3, -0.25) is 9.69 Å². The lowest BCUT2D eigenvalue weighted by molar-refractivity contribution is -0.0249. The molecule has 0 radical (unpaired) electrons. The number of carbonyl (C=O) groups excluding carboxylic acids is 1. The average molecular weight is 359 g/mol. The van der Waals surface area contributed by atoms with E-state index < -0.39 is 5.91 Å². The maximum absolute atomic E-state index is 11.2. The van der Waals surface area contributed by atoms with Gasteiger partial charge in [0.2, 0.25) is 5.91 Å². The normalized spacial score (nSPS) is 33.2. The Morgan fingerprint density at radius 1 is 1.15 bits per heavy atom. The van der Waals surface area contributed by atoms with Gasteiger partial charge in [-0.25, -0.2) is 4.98 Å². The molecule has 0 spiro atoms. The Morgan fingerprint density at radius 2 is 1.85 bits per heavy atom. The first-order valence-electron chi connectivity index (χ1n) is 9.62. The van der Waals surface area contributed by atoms with Gasteiger partial charge in [-0.05, 0) is 43.9 Å². The summed E-state index contributed by atoms with van der Waals surface area (Å²) >= 11 is 0. The summed E-state index contributed by atoms with van der Waals surface area (Å²) in [5.41, 5.74) is 5.74. The van der Waals surface area contributed by atoms with E-state index in [1.807, 2.05) is 6.07 Å². The number of likely N-dealkylation sites (N-methyl/N-ethyl adjacent to an activating group) is 1. The fourth-order valence-electron chi connectivity index (χ4n) is 4.86. The van der Waals surface area contributed by atoms with Crippen LogP contribution < -0.4 is 10.6 Å². The number of nitrogens with zero attached hydrogens (tertiary/aromatic N) is 4. The van der Waals surface area contributed by atoms with Crippen molar-refractivity contribution in [3.8, 4) is 0 Å². The second kappa shape index (κ2) is 7.13. The van der Waals surface area contributed by atoms with Gasteiger partial charge in [0, 0.05) is 51.5 Å². The molecule has 3 heterocycles. The number of hydrogen-bond acceptors (Lipinski definition) is 6. The smallest absolute Gasteiger partial charge is 0.250 e. The number of anilines is 1. The summed E-state index contributed by atoms with van der Waals surface area (Å²) in [6, 6.07) is 3.91. The molecule has 1 aromatic heterocycles. The SMILES string of the molecule is CN1CCN([C@@H]2C[C@@H]3CN(c4ccc(C(N)=O)cn4)C[C@@H]3C[C@H]2O)CC1. The quantitative estimate of drug-likeness (QED) is 0.790. The molecular formula is C19H29N5O2. The van der Waals surface area contributed by atoms with E-state index in [1.54, 1.807) is 12.3 Å². The lowest BCUT2D eigenvalue weighted by Gasteiger charge is -2.44. The van der Waals surface area contributed by atoms with Gasteiger partial charge in [0.1, 0.15) is 5.82 Å². The van der Waals surface area contributed by atoms with Gasteiger partial charge in [-0.2, -0.15) is 0 Å². The standard InChI is InChI=1S/C19H29N5O2/c1-22-4-6-23(7-5-22)16-8-14-11-24(12-15(14)9-17(16)25)18-3-2-13(10-21-18)19(20)26/h2-3,10,14-17,25H,4-9,11-12H2,1H3,(H2,20,26)/t14-,15+,16-,17-/m1/s1. The lowest BCUT2D eigenvalue weighted by Crippen LogP contribution is -2.55. The highest BCUT2D eigenvalue weighted by Gasteiger charge is 2.44. The van der Waals surface area contributed by atoms with Crippen molar-refractivity contribution in [3.63, 3.8) is 0 Å². The number of fused-ring (bicyclic) bond motifs is 1. The van der Waals surface area contributed by atoms with E-state index in [1.165, 1.54) is 0 Å². The summed E-state index contributed by atoms with van der Waals surface area (Å²) in [4.78, 5) is 22.8. The third-order valence-electron chi connectivity index (χ3n) is 6.47. The van der Waals surface area contributed by atoms with Crippen LogP contribution in [0.3, 0.4) is 0 Å². The van der Waals surface area contributed by atoms with Crippen LogP contribution in [0.5, 0.6) is 0 Å². The van der Waals surface area contributed by atoms with E-state index in [-0.39, 0.29) is 12.1 Å². The Labute approximate surface area is 154 Å². The summed E-state index contributed by atoms with van der Waals surface area (Å²) in [5.74, 6) is 1.57. The molecule has 1 amide bonds. The molecule has 3 N–H and O–H groups in total. The van der Waals surface area contributed by atoms with Crippen molar-refractivity contribution in [2.45, 2.75) is 25.0 Å². The molecule has 0 unspecified atom stereocenters. The van der Waals surface area contributed by atoms with E-state index in [4.69, 9.17) is 5.73 Å². The highest BCUT2D eigenvalue weighted by molar-refractivity contribution is 5.92. The number of amides is 1. The van der Waals surface area contributed by atoms with Gasteiger partial charge in [-0.1, -0.05) is 0 Å². The van der Waals surface area contributed by atoms with Crippen molar-refractivity contribution in [3.05, 3.63) is 23.9 Å². The third-order valence-corrected chi connectivity index (χ3v) is 6.47. The van der Waals surface area contributed by atoms with Gasteiger partial charge in [0.05, 0.1) is 11.7 Å². The molecule has 7 heteroatoms. The van der Waals surface area contributed by atoms with Crippen LogP contribution in [0.1, 0.15) is 23.2 Å². The van der Waals surface area contributed by atoms with Crippen LogP contribution in [0, 0.1) is 11.8 Å². The number of piperazine rings is 1. The fraction of sp³-hybridized carbons (Fsp3) is 0.684. The number of rotatable bonds is 3. The van der Waals surface area contributed by atoms with E-state index in [2.05, 4.69) is 26.7 Å². The van der Waals surface area contributed by atoms with Crippen LogP contribution in [-0.4, -0.2) is 84.3 Å². The highest BCUT2D eigenvalue weighted by Crippen LogP contribution is 2.39. The van der Waals surface area contributed by atoms with Crippen molar-refractivity contribution in [2.24, 2.45) is 17.6 Å². The van der Waals surface area contributed by atoms with Crippen LogP contribution in [0.4, 0.5) is 5.82 Å². The summed E-state index contributed by atoms with van der Waals surface area (Å²) in [7, 11) is 2.16. The van der Waals surface area contributed by atoms with Crippen molar-refractivity contribution >= 4 is 11.7 Å². The maximum atomic E-state index is 11.2. The molecule has 1 aromatic rings. The monoisotopic (exact) mass is 359 g/mol. The summed E-state index contributed by atoms with van der Waals surface area (Å²) in [5, 5.41) is 10.7. The number of hydrogen-bond donors (Lipinski definition) is 2. The second-order valence-electron chi connectivity index (χ2n) is 8.14. The molecular weight excluding hydrogens is 330 g/mol. The number of aliphatic hydroxyl groups excluding tert-OH is 1. The van der Waals surface area contributed by atoms with Crippen LogP contribution in [0.15, 0.2) is 18.3 Å².